The molecule has 136 valence electrons. The van der Waals surface area contributed by atoms with Gasteiger partial charge in [-0.25, -0.2) is 4.79 Å². The van der Waals surface area contributed by atoms with E-state index in [2.05, 4.69) is 37.9 Å². The predicted octanol–water partition coefficient (Wildman–Crippen LogP) is 5.24. The Morgan fingerprint density at radius 3 is 2.41 bits per heavy atom. The number of hydrogen-bond donors (Lipinski definition) is 2. The Bertz CT molecular complexity index is 1070. The van der Waals surface area contributed by atoms with Gasteiger partial charge in [0.25, 0.3) is 0 Å². The molecular formula is C23H21NO3. The Labute approximate surface area is 158 Å². The summed E-state index contributed by atoms with van der Waals surface area (Å²) in [5, 5.41) is 9.03. The summed E-state index contributed by atoms with van der Waals surface area (Å²) in [5.41, 5.74) is 9.11. The fourth-order valence-electron chi connectivity index (χ4n) is 3.52. The van der Waals surface area contributed by atoms with Gasteiger partial charge in [-0.3, -0.25) is 0 Å². The smallest absolute Gasteiger partial charge is 0.335 e. The lowest BCUT2D eigenvalue weighted by Crippen LogP contribution is -2.10. The normalized spacial score (nSPS) is 12.9. The number of aromatic amines is 1. The van der Waals surface area contributed by atoms with Crippen molar-refractivity contribution in [1.82, 2.24) is 4.98 Å². The van der Waals surface area contributed by atoms with Crippen LogP contribution in [-0.2, 0) is 0 Å². The zero-order chi connectivity index (χ0) is 19.1. The Morgan fingerprint density at radius 1 is 1.00 bits per heavy atom. The predicted molar refractivity (Wildman–Crippen MR) is 107 cm³/mol. The van der Waals surface area contributed by atoms with Gasteiger partial charge < -0.3 is 14.8 Å². The molecule has 3 aromatic rings. The molecule has 0 fully saturated rings. The molecule has 1 aliphatic heterocycles. The lowest BCUT2D eigenvalue weighted by Gasteiger charge is -2.22. The van der Waals surface area contributed by atoms with E-state index in [4.69, 9.17) is 9.84 Å². The maximum atomic E-state index is 11.0. The summed E-state index contributed by atoms with van der Waals surface area (Å²) >= 11 is 0. The molecule has 0 atom stereocenters. The van der Waals surface area contributed by atoms with E-state index in [9.17, 15) is 4.79 Å². The van der Waals surface area contributed by atoms with Crippen molar-refractivity contribution in [2.24, 2.45) is 0 Å². The molecule has 2 heterocycles. The zero-order valence-corrected chi connectivity index (χ0v) is 15.6. The second kappa shape index (κ2) is 6.47. The summed E-state index contributed by atoms with van der Waals surface area (Å²) in [6, 6.07) is 13.1. The molecule has 0 saturated carbocycles. The number of carboxylic acids is 1. The number of aromatic nitrogens is 1. The molecule has 0 unspecified atom stereocenters. The van der Waals surface area contributed by atoms with Gasteiger partial charge in [0.05, 0.1) is 5.56 Å². The third-order valence-corrected chi connectivity index (χ3v) is 5.20. The third-order valence-electron chi connectivity index (χ3n) is 5.20. The minimum Gasteiger partial charge on any atom is -0.488 e. The van der Waals surface area contributed by atoms with Crippen molar-refractivity contribution in [1.29, 1.82) is 0 Å². The van der Waals surface area contributed by atoms with E-state index in [-0.39, 0.29) is 5.56 Å². The van der Waals surface area contributed by atoms with Crippen molar-refractivity contribution in [3.8, 4) is 17.0 Å². The number of aryl methyl sites for hydroxylation is 2. The van der Waals surface area contributed by atoms with Crippen molar-refractivity contribution >= 4 is 17.6 Å². The molecule has 4 heteroatoms. The first-order chi connectivity index (χ1) is 12.9. The van der Waals surface area contributed by atoms with Crippen molar-refractivity contribution in [2.75, 3.05) is 6.61 Å². The van der Waals surface area contributed by atoms with Gasteiger partial charge >= 0.3 is 5.97 Å². The van der Waals surface area contributed by atoms with Crippen LogP contribution >= 0.6 is 0 Å². The van der Waals surface area contributed by atoms with Gasteiger partial charge in [-0.1, -0.05) is 18.2 Å². The summed E-state index contributed by atoms with van der Waals surface area (Å²) < 4.78 is 6.06. The molecule has 1 aromatic heterocycles. The van der Waals surface area contributed by atoms with Crippen molar-refractivity contribution in [3.05, 3.63) is 76.0 Å². The number of nitrogens with one attached hydrogen (secondary N) is 1. The quantitative estimate of drug-likeness (QED) is 0.672. The average Bonchev–Trinajstić information content (AvgIpc) is 3.16. The van der Waals surface area contributed by atoms with Crippen LogP contribution in [0.3, 0.4) is 0 Å². The molecule has 27 heavy (non-hydrogen) atoms. The van der Waals surface area contributed by atoms with Crippen molar-refractivity contribution in [3.63, 3.8) is 0 Å². The van der Waals surface area contributed by atoms with Gasteiger partial charge in [-0.05, 0) is 73.4 Å². The Kier molecular flexibility index (Phi) is 4.11. The Morgan fingerprint density at radius 2 is 1.70 bits per heavy atom. The lowest BCUT2D eigenvalue weighted by atomic mass is 9.95. The largest absolute Gasteiger partial charge is 0.488 e. The number of rotatable bonds is 3. The minimum absolute atomic E-state index is 0.284. The van der Waals surface area contributed by atoms with Crippen molar-refractivity contribution in [2.45, 2.75) is 20.8 Å². The van der Waals surface area contributed by atoms with E-state index >= 15 is 0 Å². The van der Waals surface area contributed by atoms with Crippen LogP contribution in [0.25, 0.3) is 22.9 Å². The molecule has 0 radical (unpaired) electrons. The standard InChI is InChI=1S/C23H21NO3/c1-13-10-14(2)22-19(15(13)3)11-18(12-27-22)21-9-8-20(24-21)16-4-6-17(7-5-16)23(25)26/h4-11,24H,12H2,1-3H3,(H,25,26). The highest BCUT2D eigenvalue weighted by Gasteiger charge is 2.19. The summed E-state index contributed by atoms with van der Waals surface area (Å²) in [6.07, 6.45) is 2.21. The fourth-order valence-corrected chi connectivity index (χ4v) is 3.52. The second-order valence-corrected chi connectivity index (χ2v) is 7.00. The number of ether oxygens (including phenoxy) is 1. The fraction of sp³-hybridized carbons (Fsp3) is 0.174. The first-order valence-corrected chi connectivity index (χ1v) is 8.91. The number of hydrogen-bond acceptors (Lipinski definition) is 2. The minimum atomic E-state index is -0.919. The molecule has 2 N–H and O–H groups in total. The summed E-state index contributed by atoms with van der Waals surface area (Å²) in [6.45, 7) is 6.85. The monoisotopic (exact) mass is 359 g/mol. The maximum Gasteiger partial charge on any atom is 0.335 e. The second-order valence-electron chi connectivity index (χ2n) is 7.00. The van der Waals surface area contributed by atoms with Crippen LogP contribution < -0.4 is 4.74 Å². The maximum absolute atomic E-state index is 11.0. The molecule has 0 amide bonds. The van der Waals surface area contributed by atoms with Gasteiger partial charge in [-0.2, -0.15) is 0 Å². The Balaban J connectivity index is 1.69. The summed E-state index contributed by atoms with van der Waals surface area (Å²) in [4.78, 5) is 14.4. The molecule has 4 rings (SSSR count). The highest BCUT2D eigenvalue weighted by molar-refractivity contribution is 5.89. The number of H-pyrrole nitrogens is 1. The van der Waals surface area contributed by atoms with Crippen LogP contribution in [-0.4, -0.2) is 22.7 Å². The number of aromatic carboxylic acids is 1. The van der Waals surface area contributed by atoms with Crippen LogP contribution in [0.1, 0.15) is 38.3 Å². The van der Waals surface area contributed by atoms with E-state index < -0.39 is 5.97 Å². The molecule has 0 aliphatic carbocycles. The molecular weight excluding hydrogens is 338 g/mol. The highest BCUT2D eigenvalue weighted by atomic mass is 16.5. The molecule has 0 saturated heterocycles. The van der Waals surface area contributed by atoms with E-state index in [0.717, 1.165) is 39.4 Å². The van der Waals surface area contributed by atoms with E-state index in [0.29, 0.717) is 6.61 Å². The van der Waals surface area contributed by atoms with Gasteiger partial charge in [0.15, 0.2) is 0 Å². The third kappa shape index (κ3) is 3.04. The van der Waals surface area contributed by atoms with Gasteiger partial charge in [-0.15, -0.1) is 0 Å². The first-order valence-electron chi connectivity index (χ1n) is 8.91. The summed E-state index contributed by atoms with van der Waals surface area (Å²) in [5.74, 6) is 0.0516. The van der Waals surface area contributed by atoms with Crippen molar-refractivity contribution < 1.29 is 14.6 Å². The topological polar surface area (TPSA) is 62.3 Å². The van der Waals surface area contributed by atoms with Crippen LogP contribution in [0.5, 0.6) is 5.75 Å². The number of carboxylic acid groups (broad SMARTS) is 1. The van der Waals surface area contributed by atoms with E-state index in [1.54, 1.807) is 12.1 Å². The number of fused-ring (bicyclic) bond motifs is 1. The molecule has 4 nitrogen and oxygen atoms in total. The van der Waals surface area contributed by atoms with Crippen LogP contribution in [0, 0.1) is 20.8 Å². The lowest BCUT2D eigenvalue weighted by molar-refractivity contribution is 0.0697. The zero-order valence-electron chi connectivity index (χ0n) is 15.6. The van der Waals surface area contributed by atoms with Gasteiger partial charge in [0.2, 0.25) is 0 Å². The van der Waals surface area contributed by atoms with Crippen LogP contribution in [0.15, 0.2) is 42.5 Å². The molecule has 2 aromatic carbocycles. The first kappa shape index (κ1) is 17.2. The average molecular weight is 359 g/mol. The van der Waals surface area contributed by atoms with Crippen LogP contribution in [0.2, 0.25) is 0 Å². The highest BCUT2D eigenvalue weighted by Crippen LogP contribution is 2.37. The molecule has 0 spiro atoms. The van der Waals surface area contributed by atoms with Gasteiger partial charge in [0.1, 0.15) is 12.4 Å². The Hall–Kier alpha value is -3.27. The van der Waals surface area contributed by atoms with E-state index in [1.807, 2.05) is 24.3 Å². The van der Waals surface area contributed by atoms with Gasteiger partial charge in [0, 0.05) is 22.5 Å². The van der Waals surface area contributed by atoms with Crippen LogP contribution in [0.4, 0.5) is 0 Å². The number of benzene rings is 2. The SMILES string of the molecule is Cc1cc(C)c2c(c1C)C=C(c1ccc(-c3ccc(C(=O)O)cc3)[nH]1)CO2. The summed E-state index contributed by atoms with van der Waals surface area (Å²) in [7, 11) is 0. The number of carbonyl (C=O) groups is 1. The van der Waals surface area contributed by atoms with E-state index in [1.165, 1.54) is 11.1 Å². The molecule has 0 bridgehead atoms. The molecule has 1 aliphatic rings.